The number of thioether (sulfide) groups is 1. The van der Waals surface area contributed by atoms with Crippen molar-refractivity contribution in [3.63, 3.8) is 0 Å². The largest absolute Gasteiger partial charge is 0.357 e. The molecule has 1 heterocycles. The molecule has 0 aliphatic heterocycles. The molecule has 0 unspecified atom stereocenters. The standard InChI is InChI=1S/C16H18N4O2S2/c1-4-9-17-15-19-20-16(24-15)23-11(3)14(22)18-13-7-5-12(6-8-13)10(2)21/h4-8,11H,1,9H2,2-3H3,(H,17,19)(H,18,22)/t11-/m0/s1. The first kappa shape index (κ1) is 18.2. The van der Waals surface area contributed by atoms with Gasteiger partial charge in [-0.25, -0.2) is 0 Å². The number of nitrogens with zero attached hydrogens (tertiary/aromatic N) is 2. The fourth-order valence-corrected chi connectivity index (χ4v) is 3.63. The Kier molecular flexibility index (Phi) is 6.51. The highest BCUT2D eigenvalue weighted by Crippen LogP contribution is 2.29. The number of carbonyl (C=O) groups is 2. The van der Waals surface area contributed by atoms with Crippen molar-refractivity contribution in [3.05, 3.63) is 42.5 Å². The number of hydrogen-bond donors (Lipinski definition) is 2. The average Bonchev–Trinajstić information content (AvgIpc) is 3.00. The quantitative estimate of drug-likeness (QED) is 0.425. The summed E-state index contributed by atoms with van der Waals surface area (Å²) in [5.74, 6) is -0.139. The Bertz CT molecular complexity index is 728. The fourth-order valence-electron chi connectivity index (χ4n) is 1.73. The van der Waals surface area contributed by atoms with E-state index in [1.165, 1.54) is 30.0 Å². The molecule has 126 valence electrons. The molecule has 1 atom stereocenters. The highest BCUT2D eigenvalue weighted by atomic mass is 32.2. The van der Waals surface area contributed by atoms with Crippen molar-refractivity contribution in [1.29, 1.82) is 0 Å². The van der Waals surface area contributed by atoms with Crippen LogP contribution in [0.3, 0.4) is 0 Å². The van der Waals surface area contributed by atoms with Crippen molar-refractivity contribution in [1.82, 2.24) is 10.2 Å². The van der Waals surface area contributed by atoms with E-state index in [4.69, 9.17) is 0 Å². The van der Waals surface area contributed by atoms with Crippen LogP contribution in [-0.4, -0.2) is 33.7 Å². The molecule has 1 aromatic heterocycles. The summed E-state index contributed by atoms with van der Waals surface area (Å²) in [6.45, 7) is 7.56. The van der Waals surface area contributed by atoms with Gasteiger partial charge in [0, 0.05) is 17.8 Å². The van der Waals surface area contributed by atoms with Crippen LogP contribution < -0.4 is 10.6 Å². The summed E-state index contributed by atoms with van der Waals surface area (Å²) < 4.78 is 0.719. The first-order valence-corrected chi connectivity index (χ1v) is 8.96. The van der Waals surface area contributed by atoms with Crippen LogP contribution in [0.1, 0.15) is 24.2 Å². The fraction of sp³-hybridized carbons (Fsp3) is 0.250. The zero-order valence-corrected chi connectivity index (χ0v) is 15.0. The number of carbonyl (C=O) groups excluding carboxylic acids is 2. The first-order chi connectivity index (χ1) is 11.5. The molecule has 8 heteroatoms. The Balaban J connectivity index is 1.90. The van der Waals surface area contributed by atoms with E-state index in [9.17, 15) is 9.59 Å². The number of ketones is 1. The number of benzene rings is 1. The molecular formula is C16H18N4O2S2. The van der Waals surface area contributed by atoms with Gasteiger partial charge in [-0.1, -0.05) is 29.2 Å². The highest BCUT2D eigenvalue weighted by Gasteiger charge is 2.17. The summed E-state index contributed by atoms with van der Waals surface area (Å²) in [5.41, 5.74) is 1.27. The Hall–Kier alpha value is -2.19. The summed E-state index contributed by atoms with van der Waals surface area (Å²) in [5, 5.41) is 14.3. The summed E-state index contributed by atoms with van der Waals surface area (Å²) in [6.07, 6.45) is 1.74. The summed E-state index contributed by atoms with van der Waals surface area (Å²) in [7, 11) is 0. The highest BCUT2D eigenvalue weighted by molar-refractivity contribution is 8.02. The normalized spacial score (nSPS) is 11.6. The van der Waals surface area contributed by atoms with Crippen molar-refractivity contribution in [2.75, 3.05) is 17.2 Å². The topological polar surface area (TPSA) is 84.0 Å². The van der Waals surface area contributed by atoms with E-state index < -0.39 is 0 Å². The lowest BCUT2D eigenvalue weighted by Gasteiger charge is -2.10. The average molecular weight is 362 g/mol. The van der Waals surface area contributed by atoms with E-state index in [0.717, 1.165) is 4.34 Å². The number of aromatic nitrogens is 2. The monoisotopic (exact) mass is 362 g/mol. The van der Waals surface area contributed by atoms with E-state index in [2.05, 4.69) is 27.4 Å². The number of Topliss-reactive ketones (excluding diaryl/α,β-unsaturated/α-hetero) is 1. The van der Waals surface area contributed by atoms with Crippen LogP contribution in [0.2, 0.25) is 0 Å². The van der Waals surface area contributed by atoms with Crippen molar-refractivity contribution in [2.24, 2.45) is 0 Å². The van der Waals surface area contributed by atoms with Gasteiger partial charge in [-0.05, 0) is 38.1 Å². The van der Waals surface area contributed by atoms with Crippen LogP contribution in [0, 0.1) is 0 Å². The van der Waals surface area contributed by atoms with Gasteiger partial charge in [-0.15, -0.1) is 16.8 Å². The molecule has 0 fully saturated rings. The van der Waals surface area contributed by atoms with Gasteiger partial charge in [-0.3, -0.25) is 9.59 Å². The molecule has 0 saturated carbocycles. The Morgan fingerprint density at radius 3 is 2.67 bits per heavy atom. The first-order valence-electron chi connectivity index (χ1n) is 7.26. The van der Waals surface area contributed by atoms with Gasteiger partial charge in [0.25, 0.3) is 0 Å². The number of anilines is 2. The minimum absolute atomic E-state index is 0.00561. The van der Waals surface area contributed by atoms with Crippen molar-refractivity contribution < 1.29 is 9.59 Å². The lowest BCUT2D eigenvalue weighted by atomic mass is 10.1. The maximum Gasteiger partial charge on any atom is 0.237 e. The molecule has 6 nitrogen and oxygen atoms in total. The van der Waals surface area contributed by atoms with Crippen molar-refractivity contribution in [2.45, 2.75) is 23.4 Å². The lowest BCUT2D eigenvalue weighted by molar-refractivity contribution is -0.115. The molecule has 24 heavy (non-hydrogen) atoms. The molecule has 0 radical (unpaired) electrons. The molecule has 2 aromatic rings. The molecule has 0 spiro atoms. The minimum Gasteiger partial charge on any atom is -0.357 e. The van der Waals surface area contributed by atoms with Gasteiger partial charge < -0.3 is 10.6 Å². The maximum absolute atomic E-state index is 12.2. The third-order valence-corrected chi connectivity index (χ3v) is 5.08. The molecule has 0 bridgehead atoms. The zero-order valence-electron chi connectivity index (χ0n) is 13.4. The van der Waals surface area contributed by atoms with Crippen LogP contribution >= 0.6 is 23.1 Å². The predicted octanol–water partition coefficient (Wildman–Crippen LogP) is 3.46. The van der Waals surface area contributed by atoms with E-state index in [1.54, 1.807) is 30.3 Å². The molecule has 2 N–H and O–H groups in total. The smallest absolute Gasteiger partial charge is 0.237 e. The molecule has 1 amide bonds. The summed E-state index contributed by atoms with van der Waals surface area (Å²) in [6, 6.07) is 6.82. The van der Waals surface area contributed by atoms with E-state index in [1.807, 2.05) is 6.92 Å². The Morgan fingerprint density at radius 1 is 1.33 bits per heavy atom. The Labute approximate surface area is 148 Å². The second kappa shape index (κ2) is 8.60. The van der Waals surface area contributed by atoms with Gasteiger partial charge in [0.1, 0.15) is 0 Å². The van der Waals surface area contributed by atoms with Gasteiger partial charge >= 0.3 is 0 Å². The summed E-state index contributed by atoms with van der Waals surface area (Å²) in [4.78, 5) is 23.5. The van der Waals surface area contributed by atoms with Crippen LogP contribution in [0.25, 0.3) is 0 Å². The van der Waals surface area contributed by atoms with E-state index >= 15 is 0 Å². The molecule has 0 saturated heterocycles. The van der Waals surface area contributed by atoms with Gasteiger partial charge in [0.2, 0.25) is 11.0 Å². The zero-order chi connectivity index (χ0) is 17.5. The van der Waals surface area contributed by atoms with Crippen LogP contribution in [0.15, 0.2) is 41.3 Å². The summed E-state index contributed by atoms with van der Waals surface area (Å²) >= 11 is 2.74. The van der Waals surface area contributed by atoms with Crippen LogP contribution in [-0.2, 0) is 4.79 Å². The Morgan fingerprint density at radius 2 is 2.04 bits per heavy atom. The van der Waals surface area contributed by atoms with Gasteiger partial charge in [0.05, 0.1) is 5.25 Å². The second-order valence-electron chi connectivity index (χ2n) is 4.93. The number of hydrogen-bond acceptors (Lipinski definition) is 7. The van der Waals surface area contributed by atoms with E-state index in [-0.39, 0.29) is 16.9 Å². The molecule has 0 aliphatic rings. The van der Waals surface area contributed by atoms with Crippen molar-refractivity contribution >= 4 is 45.6 Å². The predicted molar refractivity (Wildman–Crippen MR) is 99.0 cm³/mol. The van der Waals surface area contributed by atoms with Crippen LogP contribution in [0.4, 0.5) is 10.8 Å². The second-order valence-corrected chi connectivity index (χ2v) is 7.49. The molecule has 1 aromatic carbocycles. The van der Waals surface area contributed by atoms with Gasteiger partial charge in [0.15, 0.2) is 10.1 Å². The number of rotatable bonds is 8. The minimum atomic E-state index is -0.322. The molecular weight excluding hydrogens is 344 g/mol. The lowest BCUT2D eigenvalue weighted by Crippen LogP contribution is -2.22. The third-order valence-electron chi connectivity index (χ3n) is 3.01. The molecule has 2 rings (SSSR count). The van der Waals surface area contributed by atoms with Gasteiger partial charge in [-0.2, -0.15) is 0 Å². The molecule has 0 aliphatic carbocycles. The third kappa shape index (κ3) is 5.17. The van der Waals surface area contributed by atoms with Crippen molar-refractivity contribution in [3.8, 4) is 0 Å². The maximum atomic E-state index is 12.2. The van der Waals surface area contributed by atoms with E-state index in [0.29, 0.717) is 22.9 Å². The number of amides is 1. The SMILES string of the molecule is C=CCNc1nnc(S[C@@H](C)C(=O)Nc2ccc(C(C)=O)cc2)s1. The number of nitrogens with one attached hydrogen (secondary N) is 2. The van der Waals surface area contributed by atoms with Crippen LogP contribution in [0.5, 0.6) is 0 Å².